The third-order valence-electron chi connectivity index (χ3n) is 2.30. The zero-order valence-corrected chi connectivity index (χ0v) is 5.58. The fraction of sp³-hybridized carbons (Fsp3) is 1.00. The van der Waals surface area contributed by atoms with Gasteiger partial charge in [-0.05, 0) is 32.1 Å². The molecule has 50 valence electrons. The molecular weight excluding hydrogens is 112 g/mol. The van der Waals surface area contributed by atoms with Crippen molar-refractivity contribution < 1.29 is 0 Å². The monoisotopic (exact) mass is 124 g/mol. The third-order valence-corrected chi connectivity index (χ3v) is 2.30. The summed E-state index contributed by atoms with van der Waals surface area (Å²) in [6.45, 7) is 0. The normalized spacial score (nSPS) is 40.9. The van der Waals surface area contributed by atoms with E-state index in [0.717, 1.165) is 0 Å². The smallest absolute Gasteiger partial charge is 0.0709 e. The van der Waals surface area contributed by atoms with E-state index in [1.807, 2.05) is 0 Å². The average molecular weight is 124 g/mol. The fourth-order valence-electron chi connectivity index (χ4n) is 1.68. The highest BCUT2D eigenvalue weighted by Crippen LogP contribution is 2.27. The molecule has 1 saturated carbocycles. The molecule has 2 bridgehead atoms. The molecule has 2 aliphatic heterocycles. The second-order valence-electron chi connectivity index (χ2n) is 3.05. The minimum Gasteiger partial charge on any atom is -0.191 e. The molecule has 3 aliphatic rings. The van der Waals surface area contributed by atoms with E-state index in [2.05, 4.69) is 10.2 Å². The summed E-state index contributed by atoms with van der Waals surface area (Å²) < 4.78 is 0. The van der Waals surface area contributed by atoms with Gasteiger partial charge in [0.05, 0.1) is 12.1 Å². The predicted octanol–water partition coefficient (Wildman–Crippen LogP) is 2.15. The van der Waals surface area contributed by atoms with E-state index in [9.17, 15) is 0 Å². The molecule has 1 fully saturated rings. The SMILES string of the molecule is C1C[C@@H]2CC[C@H](C1)N=N2. The second-order valence-corrected chi connectivity index (χ2v) is 3.05. The first-order chi connectivity index (χ1) is 4.45. The number of rotatable bonds is 0. The van der Waals surface area contributed by atoms with Gasteiger partial charge in [-0.3, -0.25) is 0 Å². The maximum absolute atomic E-state index is 4.22. The highest BCUT2D eigenvalue weighted by Gasteiger charge is 2.22. The van der Waals surface area contributed by atoms with E-state index in [1.54, 1.807) is 0 Å². The Kier molecular flexibility index (Phi) is 1.25. The van der Waals surface area contributed by atoms with E-state index in [-0.39, 0.29) is 0 Å². The van der Waals surface area contributed by atoms with Crippen molar-refractivity contribution in [3.05, 3.63) is 0 Å². The Morgan fingerprint density at radius 3 is 1.78 bits per heavy atom. The van der Waals surface area contributed by atoms with Crippen molar-refractivity contribution in [3.8, 4) is 0 Å². The minimum atomic E-state index is 0.601. The minimum absolute atomic E-state index is 0.601. The first-order valence-corrected chi connectivity index (χ1v) is 3.85. The van der Waals surface area contributed by atoms with E-state index >= 15 is 0 Å². The Bertz CT molecular complexity index is 113. The zero-order chi connectivity index (χ0) is 6.10. The van der Waals surface area contributed by atoms with Crippen LogP contribution < -0.4 is 0 Å². The first kappa shape index (κ1) is 5.39. The summed E-state index contributed by atoms with van der Waals surface area (Å²) in [6, 6.07) is 1.20. The van der Waals surface area contributed by atoms with Gasteiger partial charge in [-0.25, -0.2) is 0 Å². The first-order valence-electron chi connectivity index (χ1n) is 3.85. The number of azo groups is 1. The molecule has 1 aliphatic carbocycles. The van der Waals surface area contributed by atoms with Crippen LogP contribution in [0.3, 0.4) is 0 Å². The van der Waals surface area contributed by atoms with Crippen LogP contribution in [0.15, 0.2) is 10.2 Å². The summed E-state index contributed by atoms with van der Waals surface area (Å²) >= 11 is 0. The molecule has 9 heavy (non-hydrogen) atoms. The lowest BCUT2D eigenvalue weighted by Gasteiger charge is -2.13. The molecule has 0 N–H and O–H groups in total. The Morgan fingerprint density at radius 1 is 0.778 bits per heavy atom. The van der Waals surface area contributed by atoms with Crippen LogP contribution in [0, 0.1) is 0 Å². The predicted molar refractivity (Wildman–Crippen MR) is 35.5 cm³/mol. The Morgan fingerprint density at radius 2 is 1.33 bits per heavy atom. The molecule has 0 unspecified atom stereocenters. The summed E-state index contributed by atoms with van der Waals surface area (Å²) in [5, 5.41) is 8.43. The van der Waals surface area contributed by atoms with Gasteiger partial charge in [0.2, 0.25) is 0 Å². The highest BCUT2D eigenvalue weighted by molar-refractivity contribution is 4.81. The Hall–Kier alpha value is -0.400. The zero-order valence-electron chi connectivity index (χ0n) is 5.58. The molecule has 0 radical (unpaired) electrons. The lowest BCUT2D eigenvalue weighted by molar-refractivity contribution is 0.472. The van der Waals surface area contributed by atoms with Crippen LogP contribution >= 0.6 is 0 Å². The molecule has 0 spiro atoms. The maximum atomic E-state index is 4.22. The molecule has 2 heteroatoms. The van der Waals surface area contributed by atoms with E-state index in [4.69, 9.17) is 0 Å². The van der Waals surface area contributed by atoms with E-state index in [1.165, 1.54) is 32.1 Å². The van der Waals surface area contributed by atoms with Crippen molar-refractivity contribution in [3.63, 3.8) is 0 Å². The summed E-state index contributed by atoms with van der Waals surface area (Å²) in [7, 11) is 0. The van der Waals surface area contributed by atoms with Gasteiger partial charge in [-0.1, -0.05) is 0 Å². The van der Waals surface area contributed by atoms with Crippen molar-refractivity contribution in [1.29, 1.82) is 0 Å². The van der Waals surface area contributed by atoms with E-state index in [0.29, 0.717) is 12.1 Å². The van der Waals surface area contributed by atoms with Crippen LogP contribution in [-0.4, -0.2) is 12.1 Å². The lowest BCUT2D eigenvalue weighted by atomic mass is 10.1. The molecule has 0 saturated heterocycles. The quantitative estimate of drug-likeness (QED) is 0.472. The van der Waals surface area contributed by atoms with E-state index < -0.39 is 0 Å². The Labute approximate surface area is 55.4 Å². The fourth-order valence-corrected chi connectivity index (χ4v) is 1.68. The van der Waals surface area contributed by atoms with Crippen molar-refractivity contribution in [1.82, 2.24) is 0 Å². The Balaban J connectivity index is 2.15. The summed E-state index contributed by atoms with van der Waals surface area (Å²) in [5.74, 6) is 0. The van der Waals surface area contributed by atoms with Gasteiger partial charge in [-0.2, -0.15) is 10.2 Å². The molecule has 0 aromatic carbocycles. The van der Waals surface area contributed by atoms with Crippen LogP contribution in [0.5, 0.6) is 0 Å². The van der Waals surface area contributed by atoms with Gasteiger partial charge < -0.3 is 0 Å². The van der Waals surface area contributed by atoms with Gasteiger partial charge in [0.15, 0.2) is 0 Å². The topological polar surface area (TPSA) is 24.7 Å². The second kappa shape index (κ2) is 2.09. The number of nitrogens with zero attached hydrogens (tertiary/aromatic N) is 2. The highest BCUT2D eigenvalue weighted by atomic mass is 15.2. The van der Waals surface area contributed by atoms with Crippen molar-refractivity contribution in [2.24, 2.45) is 10.2 Å². The maximum Gasteiger partial charge on any atom is 0.0709 e. The average Bonchev–Trinajstić information content (AvgIpc) is 2.21. The standard InChI is InChI=1S/C7H12N2/c1-2-6-4-5-7(3-1)9-8-6/h6-7H,1-5H2/t6-,7+. The molecular formula is C7H12N2. The van der Waals surface area contributed by atoms with Gasteiger partial charge >= 0.3 is 0 Å². The molecule has 2 heterocycles. The molecule has 2 atom stereocenters. The molecule has 0 aromatic heterocycles. The number of fused-ring (bicyclic) bond motifs is 3. The van der Waals surface area contributed by atoms with Crippen LogP contribution in [0.2, 0.25) is 0 Å². The molecule has 2 nitrogen and oxygen atoms in total. The van der Waals surface area contributed by atoms with Crippen LogP contribution in [0.1, 0.15) is 32.1 Å². The van der Waals surface area contributed by atoms with Gasteiger partial charge in [0, 0.05) is 0 Å². The number of hydrogen-bond donors (Lipinski definition) is 0. The summed E-state index contributed by atoms with van der Waals surface area (Å²) in [5.41, 5.74) is 0. The van der Waals surface area contributed by atoms with Gasteiger partial charge in [0.1, 0.15) is 0 Å². The van der Waals surface area contributed by atoms with Crippen LogP contribution in [0.25, 0.3) is 0 Å². The molecule has 3 rings (SSSR count). The molecule has 0 amide bonds. The van der Waals surface area contributed by atoms with Crippen LogP contribution in [-0.2, 0) is 0 Å². The van der Waals surface area contributed by atoms with Crippen molar-refractivity contribution >= 4 is 0 Å². The third kappa shape index (κ3) is 0.979. The van der Waals surface area contributed by atoms with Crippen LogP contribution in [0.4, 0.5) is 0 Å². The van der Waals surface area contributed by atoms with Gasteiger partial charge in [-0.15, -0.1) is 0 Å². The largest absolute Gasteiger partial charge is 0.191 e. The molecule has 0 aromatic rings. The van der Waals surface area contributed by atoms with Crippen molar-refractivity contribution in [2.45, 2.75) is 44.2 Å². The van der Waals surface area contributed by atoms with Gasteiger partial charge in [0.25, 0.3) is 0 Å². The lowest BCUT2D eigenvalue weighted by Crippen LogP contribution is -2.09. The number of hydrogen-bond acceptors (Lipinski definition) is 2. The van der Waals surface area contributed by atoms with Crippen molar-refractivity contribution in [2.75, 3.05) is 0 Å². The summed E-state index contributed by atoms with van der Waals surface area (Å²) in [4.78, 5) is 0. The summed E-state index contributed by atoms with van der Waals surface area (Å²) in [6.07, 6.45) is 6.53.